The van der Waals surface area contributed by atoms with Gasteiger partial charge in [0.1, 0.15) is 0 Å². The predicted molar refractivity (Wildman–Crippen MR) is 75.8 cm³/mol. The van der Waals surface area contributed by atoms with E-state index in [4.69, 9.17) is 0 Å². The molecule has 2 bridgehead atoms. The maximum Gasteiger partial charge on any atom is 0.226 e. The van der Waals surface area contributed by atoms with Gasteiger partial charge in [-0.05, 0) is 43.4 Å². The number of nitrogens with zero attached hydrogens (tertiary/aromatic N) is 1. The number of benzene rings is 1. The molecule has 3 nitrogen and oxygen atoms in total. The third kappa shape index (κ3) is 3.07. The number of nitrogens with one attached hydrogen (secondary N) is 1. The first kappa shape index (κ1) is 14.4. The van der Waals surface area contributed by atoms with Crippen molar-refractivity contribution in [2.24, 2.45) is 0 Å². The molecule has 2 heterocycles. The first-order valence-corrected chi connectivity index (χ1v) is 7.48. The van der Waals surface area contributed by atoms with Gasteiger partial charge in [-0.3, -0.25) is 4.79 Å². The van der Waals surface area contributed by atoms with Gasteiger partial charge in [0.05, 0.1) is 6.42 Å². The Balaban J connectivity index is 1.63. The van der Waals surface area contributed by atoms with Crippen molar-refractivity contribution in [1.82, 2.24) is 10.2 Å². The predicted octanol–water partition coefficient (Wildman–Crippen LogP) is 2.25. The van der Waals surface area contributed by atoms with Crippen LogP contribution in [0.5, 0.6) is 0 Å². The second-order valence-corrected chi connectivity index (χ2v) is 6.19. The van der Waals surface area contributed by atoms with Crippen LogP contribution in [0.4, 0.5) is 8.78 Å². The third-order valence-corrected chi connectivity index (χ3v) is 4.73. The zero-order valence-corrected chi connectivity index (χ0v) is 12.1. The van der Waals surface area contributed by atoms with Crippen molar-refractivity contribution in [2.75, 3.05) is 7.05 Å². The third-order valence-electron chi connectivity index (χ3n) is 4.73. The second kappa shape index (κ2) is 5.72. The summed E-state index contributed by atoms with van der Waals surface area (Å²) in [5.41, 5.74) is 0.516. The average Bonchev–Trinajstić information content (AvgIpc) is 2.80. The minimum absolute atomic E-state index is 0.0349. The van der Waals surface area contributed by atoms with E-state index in [1.54, 1.807) is 4.90 Å². The molecule has 2 aliphatic rings. The molecular weight excluding hydrogens is 274 g/mol. The van der Waals surface area contributed by atoms with Crippen LogP contribution in [0.2, 0.25) is 0 Å². The highest BCUT2D eigenvalue weighted by atomic mass is 19.2. The molecule has 2 aliphatic heterocycles. The lowest BCUT2D eigenvalue weighted by Gasteiger charge is -2.35. The Kier molecular flexibility index (Phi) is 3.93. The lowest BCUT2D eigenvalue weighted by atomic mass is 9.98. The summed E-state index contributed by atoms with van der Waals surface area (Å²) in [6.07, 6.45) is 4.46. The molecule has 1 aromatic carbocycles. The highest BCUT2D eigenvalue weighted by Crippen LogP contribution is 2.29. The van der Waals surface area contributed by atoms with Crippen molar-refractivity contribution in [3.63, 3.8) is 0 Å². The maximum absolute atomic E-state index is 13.2. The molecule has 2 fully saturated rings. The monoisotopic (exact) mass is 294 g/mol. The molecule has 2 saturated heterocycles. The minimum atomic E-state index is -0.900. The number of hydrogen-bond donors (Lipinski definition) is 1. The smallest absolute Gasteiger partial charge is 0.226 e. The van der Waals surface area contributed by atoms with Crippen molar-refractivity contribution in [1.29, 1.82) is 0 Å². The van der Waals surface area contributed by atoms with Crippen LogP contribution in [0.1, 0.15) is 31.2 Å². The zero-order valence-electron chi connectivity index (χ0n) is 12.1. The molecule has 0 radical (unpaired) electrons. The quantitative estimate of drug-likeness (QED) is 0.927. The van der Waals surface area contributed by atoms with Gasteiger partial charge in [-0.25, -0.2) is 8.78 Å². The van der Waals surface area contributed by atoms with Crippen LogP contribution in [0.15, 0.2) is 18.2 Å². The van der Waals surface area contributed by atoms with Gasteiger partial charge >= 0.3 is 0 Å². The first-order valence-electron chi connectivity index (χ1n) is 7.48. The molecule has 1 aromatic rings. The number of likely N-dealkylation sites (N-methyl/N-ethyl adjacent to an activating group) is 1. The van der Waals surface area contributed by atoms with Crippen LogP contribution < -0.4 is 5.32 Å². The van der Waals surface area contributed by atoms with E-state index in [9.17, 15) is 13.6 Å². The molecule has 3 rings (SSSR count). The number of fused-ring (bicyclic) bond motifs is 2. The minimum Gasteiger partial charge on any atom is -0.342 e. The van der Waals surface area contributed by atoms with Crippen molar-refractivity contribution in [2.45, 2.75) is 50.2 Å². The number of rotatable bonds is 3. The van der Waals surface area contributed by atoms with Gasteiger partial charge < -0.3 is 10.2 Å². The Hall–Kier alpha value is -1.49. The van der Waals surface area contributed by atoms with Gasteiger partial charge in [0.15, 0.2) is 11.6 Å². The van der Waals surface area contributed by atoms with E-state index in [1.165, 1.54) is 18.9 Å². The van der Waals surface area contributed by atoms with E-state index in [2.05, 4.69) is 5.32 Å². The number of amides is 1. The molecule has 0 saturated carbocycles. The number of piperidine rings is 1. The highest BCUT2D eigenvalue weighted by molar-refractivity contribution is 5.78. The molecular formula is C16H20F2N2O. The van der Waals surface area contributed by atoms with Gasteiger partial charge in [0.25, 0.3) is 0 Å². The number of carbonyl (C=O) groups excluding carboxylic acids is 1. The molecule has 2 atom stereocenters. The summed E-state index contributed by atoms with van der Waals surface area (Å²) in [6.45, 7) is 0. The van der Waals surface area contributed by atoms with Crippen LogP contribution in [0.25, 0.3) is 0 Å². The van der Waals surface area contributed by atoms with Gasteiger partial charge in [0.2, 0.25) is 5.91 Å². The van der Waals surface area contributed by atoms with Crippen LogP contribution in [-0.4, -0.2) is 36.0 Å². The topological polar surface area (TPSA) is 32.3 Å². The SMILES string of the molecule is CN(C(=O)Cc1ccc(F)c(F)c1)C1CC2CCC(C1)N2. The lowest BCUT2D eigenvalue weighted by Crippen LogP contribution is -2.49. The Morgan fingerprint density at radius 1 is 1.24 bits per heavy atom. The molecule has 5 heteroatoms. The fraction of sp³-hybridized carbons (Fsp3) is 0.562. The molecule has 0 spiro atoms. The van der Waals surface area contributed by atoms with Crippen molar-refractivity contribution in [3.8, 4) is 0 Å². The second-order valence-electron chi connectivity index (χ2n) is 6.19. The van der Waals surface area contributed by atoms with Gasteiger partial charge in [0, 0.05) is 25.2 Å². The average molecular weight is 294 g/mol. The fourth-order valence-electron chi connectivity index (χ4n) is 3.50. The maximum atomic E-state index is 13.2. The number of halogens is 2. The van der Waals surface area contributed by atoms with E-state index in [0.29, 0.717) is 17.6 Å². The molecule has 0 aromatic heterocycles. The van der Waals surface area contributed by atoms with Crippen molar-refractivity contribution < 1.29 is 13.6 Å². The van der Waals surface area contributed by atoms with E-state index in [1.807, 2.05) is 7.05 Å². The summed E-state index contributed by atoms with van der Waals surface area (Å²) < 4.78 is 26.1. The van der Waals surface area contributed by atoms with E-state index >= 15 is 0 Å². The highest BCUT2D eigenvalue weighted by Gasteiger charge is 2.36. The van der Waals surface area contributed by atoms with Crippen molar-refractivity contribution >= 4 is 5.91 Å². The fourth-order valence-corrected chi connectivity index (χ4v) is 3.50. The van der Waals surface area contributed by atoms with Crippen molar-refractivity contribution in [3.05, 3.63) is 35.4 Å². The summed E-state index contributed by atoms with van der Waals surface area (Å²) in [5, 5.41) is 3.55. The Morgan fingerprint density at radius 3 is 2.52 bits per heavy atom. The van der Waals surface area contributed by atoms with Gasteiger partial charge in [-0.1, -0.05) is 6.07 Å². The summed E-state index contributed by atoms with van der Waals surface area (Å²) >= 11 is 0. The summed E-state index contributed by atoms with van der Waals surface area (Å²) in [6, 6.07) is 4.94. The number of carbonyl (C=O) groups is 1. The van der Waals surface area contributed by atoms with E-state index in [-0.39, 0.29) is 18.4 Å². The summed E-state index contributed by atoms with van der Waals surface area (Å²) in [5.74, 6) is -1.82. The molecule has 1 N–H and O–H groups in total. The summed E-state index contributed by atoms with van der Waals surface area (Å²) in [4.78, 5) is 14.1. The molecule has 21 heavy (non-hydrogen) atoms. The Bertz CT molecular complexity index is 537. The van der Waals surface area contributed by atoms with Gasteiger partial charge in [-0.15, -0.1) is 0 Å². The van der Waals surface area contributed by atoms with Crippen LogP contribution >= 0.6 is 0 Å². The van der Waals surface area contributed by atoms with Gasteiger partial charge in [-0.2, -0.15) is 0 Å². The lowest BCUT2D eigenvalue weighted by molar-refractivity contribution is -0.131. The van der Waals surface area contributed by atoms with Crippen LogP contribution in [0.3, 0.4) is 0 Å². The van der Waals surface area contributed by atoms with E-state index in [0.717, 1.165) is 25.0 Å². The summed E-state index contributed by atoms with van der Waals surface area (Å²) in [7, 11) is 1.82. The van der Waals surface area contributed by atoms with Crippen LogP contribution in [-0.2, 0) is 11.2 Å². The molecule has 114 valence electrons. The first-order chi connectivity index (χ1) is 10.0. The van der Waals surface area contributed by atoms with Crippen LogP contribution in [0, 0.1) is 11.6 Å². The molecule has 2 unspecified atom stereocenters. The Labute approximate surface area is 123 Å². The number of hydrogen-bond acceptors (Lipinski definition) is 2. The van der Waals surface area contributed by atoms with E-state index < -0.39 is 11.6 Å². The standard InChI is InChI=1S/C16H20F2N2O/c1-20(13-8-11-3-4-12(9-13)19-11)16(21)7-10-2-5-14(17)15(18)6-10/h2,5-6,11-13,19H,3-4,7-9H2,1H3. The normalized spacial score (nSPS) is 27.7. The zero-order chi connectivity index (χ0) is 15.0. The largest absolute Gasteiger partial charge is 0.342 e. The molecule has 0 aliphatic carbocycles. The molecule has 1 amide bonds. The Morgan fingerprint density at radius 2 is 1.90 bits per heavy atom.